The first-order chi connectivity index (χ1) is 7.25. The Bertz CT molecular complexity index is 467. The number of hydrogen-bond acceptors (Lipinski definition) is 4. The number of nitrogens with zero attached hydrogens (tertiary/aromatic N) is 2. The van der Waals surface area contributed by atoms with Crippen molar-refractivity contribution in [3.05, 3.63) is 41.2 Å². The number of thiazole rings is 1. The van der Waals surface area contributed by atoms with Gasteiger partial charge in [-0.05, 0) is 19.1 Å². The molecule has 0 aromatic carbocycles. The highest BCUT2D eigenvalue weighted by molar-refractivity contribution is 7.13. The number of nitrogens with one attached hydrogen (secondary N) is 1. The number of amides is 1. The Balaban J connectivity index is 2.15. The average Bonchev–Trinajstić information content (AvgIpc) is 2.70. The van der Waals surface area contributed by atoms with Gasteiger partial charge >= 0.3 is 0 Å². The Morgan fingerprint density at radius 1 is 1.40 bits per heavy atom. The average molecular weight is 219 g/mol. The number of anilines is 1. The van der Waals surface area contributed by atoms with Crippen molar-refractivity contribution in [2.75, 3.05) is 5.32 Å². The Morgan fingerprint density at radius 3 is 2.93 bits per heavy atom. The first-order valence-electron chi connectivity index (χ1n) is 4.39. The predicted molar refractivity (Wildman–Crippen MR) is 59.0 cm³/mol. The molecule has 15 heavy (non-hydrogen) atoms. The standard InChI is InChI=1S/C10H9N3OS/c1-7-6-8(2-3-11-7)9(14)13-10-12-4-5-15-10/h2-6H,1H3,(H,12,13,14). The maximum Gasteiger partial charge on any atom is 0.257 e. The lowest BCUT2D eigenvalue weighted by molar-refractivity contribution is 0.102. The molecule has 1 N–H and O–H groups in total. The highest BCUT2D eigenvalue weighted by Gasteiger charge is 2.07. The van der Waals surface area contributed by atoms with E-state index in [1.807, 2.05) is 12.3 Å². The van der Waals surface area contributed by atoms with Crippen LogP contribution in [0.15, 0.2) is 29.9 Å². The number of aromatic nitrogens is 2. The number of pyridine rings is 1. The summed E-state index contributed by atoms with van der Waals surface area (Å²) in [5, 5.41) is 5.13. The normalized spacial score (nSPS) is 9.93. The van der Waals surface area contributed by atoms with Crippen LogP contribution in [-0.2, 0) is 0 Å². The minimum atomic E-state index is -0.157. The first kappa shape index (κ1) is 9.79. The van der Waals surface area contributed by atoms with Crippen molar-refractivity contribution < 1.29 is 4.79 Å². The maximum atomic E-state index is 11.7. The van der Waals surface area contributed by atoms with Gasteiger partial charge in [0.05, 0.1) is 0 Å². The van der Waals surface area contributed by atoms with Crippen LogP contribution in [0.3, 0.4) is 0 Å². The second-order valence-corrected chi connectivity index (χ2v) is 3.87. The van der Waals surface area contributed by atoms with E-state index in [0.717, 1.165) is 5.69 Å². The van der Waals surface area contributed by atoms with Crippen LogP contribution >= 0.6 is 11.3 Å². The Labute approximate surface area is 91.0 Å². The highest BCUT2D eigenvalue weighted by atomic mass is 32.1. The minimum Gasteiger partial charge on any atom is -0.298 e. The second-order valence-electron chi connectivity index (χ2n) is 2.98. The van der Waals surface area contributed by atoms with Crippen molar-refractivity contribution in [3.8, 4) is 0 Å². The van der Waals surface area contributed by atoms with E-state index in [1.54, 1.807) is 24.5 Å². The number of carbonyl (C=O) groups is 1. The fourth-order valence-electron chi connectivity index (χ4n) is 1.14. The predicted octanol–water partition coefficient (Wildman–Crippen LogP) is 2.10. The lowest BCUT2D eigenvalue weighted by atomic mass is 10.2. The van der Waals surface area contributed by atoms with Gasteiger partial charge in [-0.25, -0.2) is 4.98 Å². The Hall–Kier alpha value is -1.75. The van der Waals surface area contributed by atoms with E-state index in [9.17, 15) is 4.79 Å². The number of carbonyl (C=O) groups excluding carboxylic acids is 1. The molecule has 2 heterocycles. The van der Waals surface area contributed by atoms with E-state index >= 15 is 0 Å². The van der Waals surface area contributed by atoms with Crippen LogP contribution in [-0.4, -0.2) is 15.9 Å². The van der Waals surface area contributed by atoms with Crippen LogP contribution < -0.4 is 5.32 Å². The molecule has 2 aromatic rings. The monoisotopic (exact) mass is 219 g/mol. The molecule has 76 valence electrons. The van der Waals surface area contributed by atoms with Gasteiger partial charge in [0.25, 0.3) is 5.91 Å². The van der Waals surface area contributed by atoms with Crippen molar-refractivity contribution in [1.29, 1.82) is 0 Å². The smallest absolute Gasteiger partial charge is 0.257 e. The van der Waals surface area contributed by atoms with Crippen LogP contribution in [0.25, 0.3) is 0 Å². The second kappa shape index (κ2) is 4.18. The Morgan fingerprint density at radius 2 is 2.27 bits per heavy atom. The van der Waals surface area contributed by atoms with Crippen molar-refractivity contribution in [3.63, 3.8) is 0 Å². The van der Waals surface area contributed by atoms with E-state index in [1.165, 1.54) is 11.3 Å². The molecular weight excluding hydrogens is 210 g/mol. The van der Waals surface area contributed by atoms with Gasteiger partial charge in [0.2, 0.25) is 0 Å². The Kier molecular flexibility index (Phi) is 2.73. The highest BCUT2D eigenvalue weighted by Crippen LogP contribution is 2.12. The summed E-state index contributed by atoms with van der Waals surface area (Å²) in [7, 11) is 0. The zero-order valence-electron chi connectivity index (χ0n) is 8.10. The number of hydrogen-bond donors (Lipinski definition) is 1. The summed E-state index contributed by atoms with van der Waals surface area (Å²) in [4.78, 5) is 19.7. The zero-order chi connectivity index (χ0) is 10.7. The largest absolute Gasteiger partial charge is 0.298 e. The molecule has 0 saturated carbocycles. The summed E-state index contributed by atoms with van der Waals surface area (Å²) in [6.07, 6.45) is 3.27. The van der Waals surface area contributed by atoms with Gasteiger partial charge in [-0.1, -0.05) is 0 Å². The summed E-state index contributed by atoms with van der Waals surface area (Å²) in [5.41, 5.74) is 1.42. The molecule has 0 aliphatic rings. The van der Waals surface area contributed by atoms with Crippen molar-refractivity contribution in [2.45, 2.75) is 6.92 Å². The number of aryl methyl sites for hydroxylation is 1. The molecule has 0 spiro atoms. The van der Waals surface area contributed by atoms with Gasteiger partial charge in [0.1, 0.15) is 0 Å². The molecule has 0 fully saturated rings. The molecule has 0 unspecified atom stereocenters. The van der Waals surface area contributed by atoms with E-state index in [4.69, 9.17) is 0 Å². The molecule has 1 amide bonds. The van der Waals surface area contributed by atoms with Gasteiger partial charge < -0.3 is 0 Å². The SMILES string of the molecule is Cc1cc(C(=O)Nc2nccs2)ccn1. The number of rotatable bonds is 2. The fraction of sp³-hybridized carbons (Fsp3) is 0.100. The molecule has 0 aliphatic carbocycles. The summed E-state index contributed by atoms with van der Waals surface area (Å²) < 4.78 is 0. The third-order valence-electron chi connectivity index (χ3n) is 1.81. The van der Waals surface area contributed by atoms with E-state index < -0.39 is 0 Å². The third-order valence-corrected chi connectivity index (χ3v) is 2.50. The fourth-order valence-corrected chi connectivity index (χ4v) is 1.67. The quantitative estimate of drug-likeness (QED) is 0.841. The van der Waals surface area contributed by atoms with Gasteiger partial charge in [-0.3, -0.25) is 15.1 Å². The topological polar surface area (TPSA) is 54.9 Å². The van der Waals surface area contributed by atoms with Crippen LogP contribution in [0.2, 0.25) is 0 Å². The first-order valence-corrected chi connectivity index (χ1v) is 5.27. The molecule has 0 aliphatic heterocycles. The van der Waals surface area contributed by atoms with Gasteiger partial charge in [-0.2, -0.15) is 0 Å². The van der Waals surface area contributed by atoms with Gasteiger partial charge in [0, 0.05) is 29.0 Å². The molecule has 4 nitrogen and oxygen atoms in total. The minimum absolute atomic E-state index is 0.157. The molecule has 2 aromatic heterocycles. The van der Waals surface area contributed by atoms with E-state index in [0.29, 0.717) is 10.7 Å². The van der Waals surface area contributed by atoms with Crippen LogP contribution in [0.5, 0.6) is 0 Å². The summed E-state index contributed by atoms with van der Waals surface area (Å²) in [6, 6.07) is 3.42. The molecule has 0 atom stereocenters. The van der Waals surface area contributed by atoms with Gasteiger partial charge in [0.15, 0.2) is 5.13 Å². The van der Waals surface area contributed by atoms with Crippen molar-refractivity contribution in [1.82, 2.24) is 9.97 Å². The summed E-state index contributed by atoms with van der Waals surface area (Å²) in [6.45, 7) is 1.85. The lowest BCUT2D eigenvalue weighted by Crippen LogP contribution is -2.11. The van der Waals surface area contributed by atoms with Gasteiger partial charge in [-0.15, -0.1) is 11.3 Å². The molecule has 5 heteroatoms. The molecule has 0 bridgehead atoms. The van der Waals surface area contributed by atoms with Crippen LogP contribution in [0.4, 0.5) is 5.13 Å². The summed E-state index contributed by atoms with van der Waals surface area (Å²) in [5.74, 6) is -0.157. The molecule has 0 radical (unpaired) electrons. The van der Waals surface area contributed by atoms with E-state index in [2.05, 4.69) is 15.3 Å². The van der Waals surface area contributed by atoms with E-state index in [-0.39, 0.29) is 5.91 Å². The lowest BCUT2D eigenvalue weighted by Gasteiger charge is -2.01. The van der Waals surface area contributed by atoms with Crippen LogP contribution in [0, 0.1) is 6.92 Å². The van der Waals surface area contributed by atoms with Crippen molar-refractivity contribution >= 4 is 22.4 Å². The molecule has 0 saturated heterocycles. The van der Waals surface area contributed by atoms with Crippen molar-refractivity contribution in [2.24, 2.45) is 0 Å². The zero-order valence-corrected chi connectivity index (χ0v) is 8.91. The third kappa shape index (κ3) is 2.38. The molecule has 2 rings (SSSR count). The summed E-state index contributed by atoms with van der Waals surface area (Å²) >= 11 is 1.39. The van der Waals surface area contributed by atoms with Crippen LogP contribution in [0.1, 0.15) is 16.1 Å². The maximum absolute atomic E-state index is 11.7. The molecular formula is C10H9N3OS.